The van der Waals surface area contributed by atoms with E-state index >= 15 is 0 Å². The van der Waals surface area contributed by atoms with Crippen molar-refractivity contribution in [3.63, 3.8) is 0 Å². The Labute approximate surface area is 144 Å². The minimum absolute atomic E-state index is 0.00807. The number of benzene rings is 2. The number of nitrogens with two attached hydrogens (primary N) is 1. The number of primary sulfonamides is 1. The van der Waals surface area contributed by atoms with Crippen LogP contribution in [0.2, 0.25) is 5.02 Å². The van der Waals surface area contributed by atoms with Crippen molar-refractivity contribution in [1.29, 1.82) is 0 Å². The van der Waals surface area contributed by atoms with Crippen molar-refractivity contribution in [1.82, 2.24) is 4.57 Å². The molecule has 1 aromatic heterocycles. The molecule has 0 fully saturated rings. The van der Waals surface area contributed by atoms with Crippen LogP contribution in [0.3, 0.4) is 0 Å². The standard InChI is InChI=1S/C17H14ClFN2O2S/c1-11-6-9-16(13-4-2-3-5-17(13)24(20,22)23)21(11)12-7-8-15(19)14(18)10-12/h2-10H,1H3,(H2,20,22,23). The molecule has 24 heavy (non-hydrogen) atoms. The Morgan fingerprint density at radius 2 is 1.79 bits per heavy atom. The fraction of sp³-hybridized carbons (Fsp3) is 0.0588. The molecule has 0 aliphatic carbocycles. The lowest BCUT2D eigenvalue weighted by Crippen LogP contribution is -2.14. The number of nitrogens with zero attached hydrogens (tertiary/aromatic N) is 1. The molecule has 0 aliphatic heterocycles. The molecule has 0 saturated carbocycles. The predicted octanol–water partition coefficient (Wildman–Crippen LogP) is 3.89. The van der Waals surface area contributed by atoms with E-state index in [-0.39, 0.29) is 9.92 Å². The second kappa shape index (κ2) is 6.05. The normalized spacial score (nSPS) is 11.7. The highest BCUT2D eigenvalue weighted by Gasteiger charge is 2.18. The molecule has 4 nitrogen and oxygen atoms in total. The second-order valence-corrected chi connectivity index (χ2v) is 7.27. The maximum absolute atomic E-state index is 13.4. The van der Waals surface area contributed by atoms with Gasteiger partial charge in [0.25, 0.3) is 0 Å². The average molecular weight is 365 g/mol. The maximum Gasteiger partial charge on any atom is 0.238 e. The van der Waals surface area contributed by atoms with E-state index < -0.39 is 15.8 Å². The Balaban J connectivity index is 2.28. The molecule has 3 aromatic rings. The van der Waals surface area contributed by atoms with E-state index in [2.05, 4.69) is 0 Å². The van der Waals surface area contributed by atoms with E-state index in [1.807, 2.05) is 13.0 Å². The Hall–Kier alpha value is -2.15. The highest BCUT2D eigenvalue weighted by molar-refractivity contribution is 7.89. The van der Waals surface area contributed by atoms with Crippen LogP contribution in [-0.2, 0) is 10.0 Å². The largest absolute Gasteiger partial charge is 0.314 e. The van der Waals surface area contributed by atoms with Crippen molar-refractivity contribution in [2.75, 3.05) is 0 Å². The first kappa shape index (κ1) is 16.7. The molecule has 124 valence electrons. The average Bonchev–Trinajstić information content (AvgIpc) is 2.91. The monoisotopic (exact) mass is 364 g/mol. The van der Waals surface area contributed by atoms with E-state index in [1.165, 1.54) is 18.2 Å². The number of aromatic nitrogens is 1. The number of aryl methyl sites for hydroxylation is 1. The first-order valence-corrected chi connectivity index (χ1v) is 8.97. The van der Waals surface area contributed by atoms with Gasteiger partial charge in [0.15, 0.2) is 0 Å². The van der Waals surface area contributed by atoms with Gasteiger partial charge < -0.3 is 4.57 Å². The van der Waals surface area contributed by atoms with Crippen molar-refractivity contribution in [2.45, 2.75) is 11.8 Å². The van der Waals surface area contributed by atoms with E-state index in [0.29, 0.717) is 16.9 Å². The van der Waals surface area contributed by atoms with Gasteiger partial charge in [-0.15, -0.1) is 0 Å². The van der Waals surface area contributed by atoms with Gasteiger partial charge in [0.2, 0.25) is 10.0 Å². The zero-order chi connectivity index (χ0) is 17.5. The summed E-state index contributed by atoms with van der Waals surface area (Å²) in [6.45, 7) is 1.86. The lowest BCUT2D eigenvalue weighted by molar-refractivity contribution is 0.598. The van der Waals surface area contributed by atoms with E-state index in [0.717, 1.165) is 5.69 Å². The number of halogens is 2. The van der Waals surface area contributed by atoms with Crippen LogP contribution in [0.15, 0.2) is 59.5 Å². The van der Waals surface area contributed by atoms with Gasteiger partial charge in [-0.25, -0.2) is 17.9 Å². The van der Waals surface area contributed by atoms with E-state index in [1.54, 1.807) is 34.9 Å². The second-order valence-electron chi connectivity index (χ2n) is 5.33. The van der Waals surface area contributed by atoms with Gasteiger partial charge in [0.05, 0.1) is 15.6 Å². The Morgan fingerprint density at radius 3 is 2.46 bits per heavy atom. The molecule has 3 rings (SSSR count). The molecule has 0 bridgehead atoms. The highest BCUT2D eigenvalue weighted by atomic mass is 35.5. The van der Waals surface area contributed by atoms with Crippen LogP contribution in [-0.4, -0.2) is 13.0 Å². The molecular formula is C17H14ClFN2O2S. The third-order valence-corrected chi connectivity index (χ3v) is 4.97. The molecule has 0 spiro atoms. The highest BCUT2D eigenvalue weighted by Crippen LogP contribution is 2.32. The van der Waals surface area contributed by atoms with Crippen molar-refractivity contribution in [3.05, 3.63) is 71.1 Å². The summed E-state index contributed by atoms with van der Waals surface area (Å²) in [7, 11) is -3.89. The molecule has 1 heterocycles. The van der Waals surface area contributed by atoms with Crippen LogP contribution in [0.4, 0.5) is 4.39 Å². The Morgan fingerprint density at radius 1 is 1.08 bits per heavy atom. The lowest BCUT2D eigenvalue weighted by atomic mass is 10.1. The first-order chi connectivity index (χ1) is 11.3. The van der Waals surface area contributed by atoms with Crippen LogP contribution in [0, 0.1) is 12.7 Å². The number of hydrogen-bond acceptors (Lipinski definition) is 2. The summed E-state index contributed by atoms with van der Waals surface area (Å²) >= 11 is 5.88. The van der Waals surface area contributed by atoms with Crippen LogP contribution in [0.5, 0.6) is 0 Å². The zero-order valence-electron chi connectivity index (χ0n) is 12.7. The summed E-state index contributed by atoms with van der Waals surface area (Å²) in [5.41, 5.74) is 2.56. The Kier molecular flexibility index (Phi) is 4.21. The summed E-state index contributed by atoms with van der Waals surface area (Å²) in [4.78, 5) is 0.0255. The van der Waals surface area contributed by atoms with Crippen molar-refractivity contribution < 1.29 is 12.8 Å². The van der Waals surface area contributed by atoms with Crippen LogP contribution >= 0.6 is 11.6 Å². The van der Waals surface area contributed by atoms with Gasteiger partial charge in [0.1, 0.15) is 5.82 Å². The lowest BCUT2D eigenvalue weighted by Gasteiger charge is -2.14. The molecule has 0 unspecified atom stereocenters. The molecule has 0 aliphatic rings. The predicted molar refractivity (Wildman–Crippen MR) is 92.3 cm³/mol. The summed E-state index contributed by atoms with van der Waals surface area (Å²) in [6, 6.07) is 14.4. The topological polar surface area (TPSA) is 65.1 Å². The SMILES string of the molecule is Cc1ccc(-c2ccccc2S(N)(=O)=O)n1-c1ccc(F)c(Cl)c1. The van der Waals surface area contributed by atoms with Crippen LogP contribution < -0.4 is 5.14 Å². The van der Waals surface area contributed by atoms with E-state index in [9.17, 15) is 12.8 Å². The van der Waals surface area contributed by atoms with Gasteiger partial charge in [-0.1, -0.05) is 29.8 Å². The molecule has 0 atom stereocenters. The first-order valence-electron chi connectivity index (χ1n) is 7.05. The van der Waals surface area contributed by atoms with Crippen LogP contribution in [0.1, 0.15) is 5.69 Å². The van der Waals surface area contributed by atoms with Gasteiger partial charge in [0, 0.05) is 16.9 Å². The summed E-state index contributed by atoms with van der Waals surface area (Å²) < 4.78 is 39.0. The molecule has 0 radical (unpaired) electrons. The van der Waals surface area contributed by atoms with Crippen molar-refractivity contribution >= 4 is 21.6 Å². The molecule has 0 amide bonds. The molecule has 2 N–H and O–H groups in total. The summed E-state index contributed by atoms with van der Waals surface area (Å²) in [5.74, 6) is -0.517. The van der Waals surface area contributed by atoms with Gasteiger partial charge in [-0.2, -0.15) is 0 Å². The maximum atomic E-state index is 13.4. The van der Waals surface area contributed by atoms with Gasteiger partial charge in [-0.05, 0) is 43.3 Å². The van der Waals surface area contributed by atoms with Gasteiger partial charge in [-0.3, -0.25) is 0 Å². The number of rotatable bonds is 3. The Bertz CT molecular complexity index is 1030. The molecule has 0 saturated heterocycles. The fourth-order valence-corrected chi connectivity index (χ4v) is 3.56. The third-order valence-electron chi connectivity index (χ3n) is 3.71. The van der Waals surface area contributed by atoms with Crippen LogP contribution in [0.25, 0.3) is 16.9 Å². The minimum atomic E-state index is -3.89. The zero-order valence-corrected chi connectivity index (χ0v) is 14.3. The van der Waals surface area contributed by atoms with Gasteiger partial charge >= 0.3 is 0 Å². The smallest absolute Gasteiger partial charge is 0.238 e. The summed E-state index contributed by atoms with van der Waals surface area (Å²) in [6.07, 6.45) is 0. The van der Waals surface area contributed by atoms with Crippen molar-refractivity contribution in [3.8, 4) is 16.9 Å². The third kappa shape index (κ3) is 2.96. The molecular weight excluding hydrogens is 351 g/mol. The fourth-order valence-electron chi connectivity index (χ4n) is 2.64. The quantitative estimate of drug-likeness (QED) is 0.766. The number of hydrogen-bond donors (Lipinski definition) is 1. The molecule has 2 aromatic carbocycles. The van der Waals surface area contributed by atoms with Crippen molar-refractivity contribution in [2.24, 2.45) is 5.14 Å². The molecule has 7 heteroatoms. The summed E-state index contributed by atoms with van der Waals surface area (Å²) in [5, 5.41) is 5.32. The van der Waals surface area contributed by atoms with E-state index in [4.69, 9.17) is 16.7 Å². The minimum Gasteiger partial charge on any atom is -0.314 e. The number of sulfonamides is 1.